The summed E-state index contributed by atoms with van der Waals surface area (Å²) in [5.41, 5.74) is 7.70. The molecule has 0 atom stereocenters. The summed E-state index contributed by atoms with van der Waals surface area (Å²) in [6, 6.07) is 2.64. The fraction of sp³-hybridized carbons (Fsp3) is 0.692. The molecule has 3 nitrogen and oxygen atoms in total. The van der Waals surface area contributed by atoms with Crippen molar-refractivity contribution in [2.75, 3.05) is 13.2 Å². The molecule has 88 valence electrons. The molecule has 3 rings (SSSR count). The largest absolute Gasteiger partial charge is 0.379 e. The average Bonchev–Trinajstić information content (AvgIpc) is 2.73. The van der Waals surface area contributed by atoms with Crippen LogP contribution in [-0.2, 0) is 10.2 Å². The first kappa shape index (κ1) is 10.4. The molecule has 0 bridgehead atoms. The van der Waals surface area contributed by atoms with Gasteiger partial charge >= 0.3 is 0 Å². The van der Waals surface area contributed by atoms with E-state index in [1.807, 2.05) is 6.20 Å². The molecular formula is C13H20N2O. The summed E-state index contributed by atoms with van der Waals surface area (Å²) in [6.07, 6.45) is 9.03. The minimum Gasteiger partial charge on any atom is -0.379 e. The van der Waals surface area contributed by atoms with Crippen LogP contribution in [0.2, 0.25) is 0 Å². The van der Waals surface area contributed by atoms with Crippen LogP contribution in [0.1, 0.15) is 31.2 Å². The van der Waals surface area contributed by atoms with Gasteiger partial charge in [0.15, 0.2) is 0 Å². The SMILES string of the molecule is NC1CCC(C2(c3cc[nH]c3)COC2)CC1. The fourth-order valence-corrected chi connectivity index (χ4v) is 3.27. The van der Waals surface area contributed by atoms with E-state index in [4.69, 9.17) is 10.5 Å². The average molecular weight is 220 g/mol. The van der Waals surface area contributed by atoms with Crippen LogP contribution >= 0.6 is 0 Å². The van der Waals surface area contributed by atoms with Crippen LogP contribution in [-0.4, -0.2) is 24.2 Å². The van der Waals surface area contributed by atoms with E-state index in [-0.39, 0.29) is 0 Å². The summed E-state index contributed by atoms with van der Waals surface area (Å²) >= 11 is 0. The highest BCUT2D eigenvalue weighted by Crippen LogP contribution is 2.45. The Morgan fingerprint density at radius 1 is 1.25 bits per heavy atom. The summed E-state index contributed by atoms with van der Waals surface area (Å²) in [7, 11) is 0. The zero-order chi connectivity index (χ0) is 11.0. The maximum absolute atomic E-state index is 5.98. The van der Waals surface area contributed by atoms with Crippen molar-refractivity contribution in [3.8, 4) is 0 Å². The Hall–Kier alpha value is -0.800. The molecule has 1 saturated carbocycles. The number of nitrogens with one attached hydrogen (secondary N) is 1. The van der Waals surface area contributed by atoms with Crippen LogP contribution in [0.3, 0.4) is 0 Å². The van der Waals surface area contributed by atoms with E-state index in [9.17, 15) is 0 Å². The van der Waals surface area contributed by atoms with Gasteiger partial charge in [-0.25, -0.2) is 0 Å². The predicted molar refractivity (Wildman–Crippen MR) is 63.2 cm³/mol. The Morgan fingerprint density at radius 2 is 2.00 bits per heavy atom. The molecule has 0 spiro atoms. The van der Waals surface area contributed by atoms with Crippen LogP contribution in [0.4, 0.5) is 0 Å². The van der Waals surface area contributed by atoms with E-state index in [1.54, 1.807) is 0 Å². The number of H-pyrrole nitrogens is 1. The number of ether oxygens (including phenoxy) is 1. The van der Waals surface area contributed by atoms with Crippen LogP contribution in [0.5, 0.6) is 0 Å². The molecule has 2 aliphatic rings. The molecule has 0 amide bonds. The van der Waals surface area contributed by atoms with Gasteiger partial charge in [0, 0.05) is 23.9 Å². The smallest absolute Gasteiger partial charge is 0.0588 e. The molecule has 1 aromatic rings. The van der Waals surface area contributed by atoms with Crippen molar-refractivity contribution in [2.24, 2.45) is 11.7 Å². The number of nitrogens with two attached hydrogens (primary N) is 1. The lowest BCUT2D eigenvalue weighted by Gasteiger charge is -2.49. The third kappa shape index (κ3) is 1.50. The second-order valence-electron chi connectivity index (χ2n) is 5.36. The highest BCUT2D eigenvalue weighted by molar-refractivity contribution is 5.27. The number of hydrogen-bond acceptors (Lipinski definition) is 2. The van der Waals surface area contributed by atoms with Gasteiger partial charge in [-0.3, -0.25) is 0 Å². The van der Waals surface area contributed by atoms with Gasteiger partial charge in [0.2, 0.25) is 0 Å². The summed E-state index contributed by atoms with van der Waals surface area (Å²) in [4.78, 5) is 3.17. The lowest BCUT2D eigenvalue weighted by atomic mass is 9.64. The molecule has 16 heavy (non-hydrogen) atoms. The van der Waals surface area contributed by atoms with E-state index < -0.39 is 0 Å². The Balaban J connectivity index is 1.80. The lowest BCUT2D eigenvalue weighted by Crippen LogP contribution is -2.53. The molecule has 3 heteroatoms. The maximum Gasteiger partial charge on any atom is 0.0588 e. The topological polar surface area (TPSA) is 51.0 Å². The molecule has 0 unspecified atom stereocenters. The van der Waals surface area contributed by atoms with Gasteiger partial charge in [0.1, 0.15) is 0 Å². The number of aromatic amines is 1. The first-order chi connectivity index (χ1) is 7.81. The van der Waals surface area contributed by atoms with Crippen molar-refractivity contribution < 1.29 is 4.74 Å². The molecule has 1 saturated heterocycles. The third-order valence-corrected chi connectivity index (χ3v) is 4.45. The Bertz CT molecular complexity index is 335. The number of aromatic nitrogens is 1. The Labute approximate surface area is 96.4 Å². The zero-order valence-electron chi connectivity index (χ0n) is 9.61. The molecule has 0 radical (unpaired) electrons. The molecule has 2 fully saturated rings. The van der Waals surface area contributed by atoms with Crippen LogP contribution in [0.15, 0.2) is 18.5 Å². The Morgan fingerprint density at radius 3 is 2.50 bits per heavy atom. The van der Waals surface area contributed by atoms with Crippen LogP contribution in [0, 0.1) is 5.92 Å². The number of rotatable bonds is 2. The maximum atomic E-state index is 5.98. The molecule has 0 aromatic carbocycles. The normalized spacial score (nSPS) is 33.3. The van der Waals surface area contributed by atoms with Gasteiger partial charge in [0.25, 0.3) is 0 Å². The van der Waals surface area contributed by atoms with E-state index >= 15 is 0 Å². The molecular weight excluding hydrogens is 200 g/mol. The van der Waals surface area contributed by atoms with Gasteiger partial charge in [-0.15, -0.1) is 0 Å². The van der Waals surface area contributed by atoms with Crippen LogP contribution in [0.25, 0.3) is 0 Å². The van der Waals surface area contributed by atoms with E-state index in [0.717, 1.165) is 19.1 Å². The predicted octanol–water partition coefficient (Wildman–Crippen LogP) is 1.80. The van der Waals surface area contributed by atoms with Crippen molar-refractivity contribution >= 4 is 0 Å². The first-order valence-electron chi connectivity index (χ1n) is 6.28. The third-order valence-electron chi connectivity index (χ3n) is 4.45. The minimum absolute atomic E-state index is 0.292. The van der Waals surface area contributed by atoms with Gasteiger partial charge in [-0.05, 0) is 43.2 Å². The summed E-state index contributed by atoms with van der Waals surface area (Å²) in [5, 5.41) is 0. The molecule has 3 N–H and O–H groups in total. The first-order valence-corrected chi connectivity index (χ1v) is 6.28. The van der Waals surface area contributed by atoms with Gasteiger partial charge in [0.05, 0.1) is 13.2 Å². The van der Waals surface area contributed by atoms with Crippen molar-refractivity contribution in [2.45, 2.75) is 37.1 Å². The summed E-state index contributed by atoms with van der Waals surface area (Å²) in [5.74, 6) is 0.761. The molecule has 1 aliphatic carbocycles. The second-order valence-corrected chi connectivity index (χ2v) is 5.36. The van der Waals surface area contributed by atoms with E-state index in [0.29, 0.717) is 11.5 Å². The molecule has 1 aromatic heterocycles. The van der Waals surface area contributed by atoms with Gasteiger partial charge < -0.3 is 15.5 Å². The van der Waals surface area contributed by atoms with Gasteiger partial charge in [-0.1, -0.05) is 0 Å². The fourth-order valence-electron chi connectivity index (χ4n) is 3.27. The zero-order valence-corrected chi connectivity index (χ0v) is 9.61. The van der Waals surface area contributed by atoms with E-state index in [2.05, 4.69) is 17.2 Å². The van der Waals surface area contributed by atoms with Gasteiger partial charge in [-0.2, -0.15) is 0 Å². The minimum atomic E-state index is 0.292. The monoisotopic (exact) mass is 220 g/mol. The van der Waals surface area contributed by atoms with Crippen LogP contribution < -0.4 is 5.73 Å². The lowest BCUT2D eigenvalue weighted by molar-refractivity contribution is -0.0983. The summed E-state index contributed by atoms with van der Waals surface area (Å²) in [6.45, 7) is 1.79. The Kier molecular flexibility index (Phi) is 2.52. The summed E-state index contributed by atoms with van der Waals surface area (Å²) < 4.78 is 5.50. The quantitative estimate of drug-likeness (QED) is 0.798. The van der Waals surface area contributed by atoms with E-state index in [1.165, 1.54) is 31.2 Å². The molecule has 1 aliphatic heterocycles. The van der Waals surface area contributed by atoms with Crippen molar-refractivity contribution in [3.05, 3.63) is 24.0 Å². The number of hydrogen-bond donors (Lipinski definition) is 2. The van der Waals surface area contributed by atoms with Crippen molar-refractivity contribution in [3.63, 3.8) is 0 Å². The standard InChI is InChI=1S/C13H20N2O/c14-12-3-1-10(2-4-12)13(8-16-9-13)11-5-6-15-7-11/h5-7,10,12,15H,1-4,8-9,14H2. The van der Waals surface area contributed by atoms with Crippen molar-refractivity contribution in [1.29, 1.82) is 0 Å². The highest BCUT2D eigenvalue weighted by Gasteiger charge is 2.47. The van der Waals surface area contributed by atoms with Crippen molar-refractivity contribution in [1.82, 2.24) is 4.98 Å². The highest BCUT2D eigenvalue weighted by atomic mass is 16.5. The second kappa shape index (κ2) is 3.90. The molecule has 2 heterocycles.